The summed E-state index contributed by atoms with van der Waals surface area (Å²) in [6.45, 7) is 0.831. The number of methoxy groups -OCH3 is 1. The van der Waals surface area contributed by atoms with E-state index in [1.807, 2.05) is 0 Å². The molecule has 0 heterocycles. The van der Waals surface area contributed by atoms with E-state index in [1.54, 1.807) is 19.1 Å². The molecule has 0 aliphatic rings. The van der Waals surface area contributed by atoms with E-state index in [2.05, 4.69) is 5.32 Å². The number of esters is 1. The summed E-state index contributed by atoms with van der Waals surface area (Å²) in [5.41, 5.74) is 1.16. The molecule has 0 fully saturated rings. The predicted octanol–water partition coefficient (Wildman–Crippen LogP) is 3.36. The minimum Gasteiger partial charge on any atom is -0.495 e. The lowest BCUT2D eigenvalue weighted by atomic mass is 10.2. The Morgan fingerprint density at radius 1 is 1.19 bits per heavy atom. The number of halogens is 2. The Labute approximate surface area is 154 Å². The van der Waals surface area contributed by atoms with Crippen LogP contribution in [-0.4, -0.2) is 32.2 Å². The Bertz CT molecular complexity index is 812. The summed E-state index contributed by atoms with van der Waals surface area (Å²) >= 11 is 6.00. The van der Waals surface area contributed by atoms with Crippen molar-refractivity contribution >= 4 is 29.2 Å². The Morgan fingerprint density at radius 2 is 1.96 bits per heavy atom. The standard InChI is InChI=1S/C18H17ClFNO5/c1-11-6-15(16(24-2)8-14(11)19)21-17(22)9-26-18(23)10-25-13-5-3-4-12(20)7-13/h3-8H,9-10H2,1-2H3,(H,21,22). The number of rotatable bonds is 7. The highest BCUT2D eigenvalue weighted by Crippen LogP contribution is 2.30. The number of benzene rings is 2. The van der Waals surface area contributed by atoms with Gasteiger partial charge in [0.15, 0.2) is 13.2 Å². The molecule has 0 aromatic heterocycles. The highest BCUT2D eigenvalue weighted by atomic mass is 35.5. The van der Waals surface area contributed by atoms with Gasteiger partial charge in [0.2, 0.25) is 0 Å². The fourth-order valence-electron chi connectivity index (χ4n) is 2.00. The minimum atomic E-state index is -0.760. The number of hydrogen-bond acceptors (Lipinski definition) is 5. The van der Waals surface area contributed by atoms with Crippen LogP contribution in [0.4, 0.5) is 10.1 Å². The Hall–Kier alpha value is -2.80. The predicted molar refractivity (Wildman–Crippen MR) is 94.2 cm³/mol. The first-order chi connectivity index (χ1) is 12.4. The second-order valence-electron chi connectivity index (χ2n) is 5.26. The van der Waals surface area contributed by atoms with Gasteiger partial charge < -0.3 is 19.5 Å². The van der Waals surface area contributed by atoms with Gasteiger partial charge in [0, 0.05) is 17.2 Å². The van der Waals surface area contributed by atoms with Gasteiger partial charge in [-0.25, -0.2) is 9.18 Å². The van der Waals surface area contributed by atoms with Crippen molar-refractivity contribution in [3.05, 3.63) is 52.8 Å². The molecule has 0 saturated carbocycles. The third-order valence-corrected chi connectivity index (χ3v) is 3.68. The van der Waals surface area contributed by atoms with Gasteiger partial charge in [0.05, 0.1) is 12.8 Å². The smallest absolute Gasteiger partial charge is 0.344 e. The van der Waals surface area contributed by atoms with Crippen LogP contribution in [0.15, 0.2) is 36.4 Å². The number of amides is 1. The van der Waals surface area contributed by atoms with Gasteiger partial charge in [0.25, 0.3) is 5.91 Å². The van der Waals surface area contributed by atoms with Gasteiger partial charge in [0.1, 0.15) is 17.3 Å². The van der Waals surface area contributed by atoms with Crippen LogP contribution in [-0.2, 0) is 14.3 Å². The Kier molecular flexibility index (Phi) is 6.80. The van der Waals surface area contributed by atoms with Gasteiger partial charge >= 0.3 is 5.97 Å². The monoisotopic (exact) mass is 381 g/mol. The molecule has 0 aliphatic carbocycles. The average Bonchev–Trinajstić information content (AvgIpc) is 2.61. The van der Waals surface area contributed by atoms with Gasteiger partial charge in [-0.3, -0.25) is 4.79 Å². The zero-order chi connectivity index (χ0) is 19.1. The SMILES string of the molecule is COc1cc(Cl)c(C)cc1NC(=O)COC(=O)COc1cccc(F)c1. The van der Waals surface area contributed by atoms with Crippen LogP contribution in [0.2, 0.25) is 5.02 Å². The lowest BCUT2D eigenvalue weighted by Gasteiger charge is -2.12. The fourth-order valence-corrected chi connectivity index (χ4v) is 2.16. The first-order valence-corrected chi connectivity index (χ1v) is 7.95. The molecule has 1 N–H and O–H groups in total. The van der Waals surface area contributed by atoms with Crippen LogP contribution >= 0.6 is 11.6 Å². The van der Waals surface area contributed by atoms with Crippen molar-refractivity contribution in [3.63, 3.8) is 0 Å². The van der Waals surface area contributed by atoms with E-state index in [0.717, 1.165) is 11.6 Å². The summed E-state index contributed by atoms with van der Waals surface area (Å²) in [6.07, 6.45) is 0. The largest absolute Gasteiger partial charge is 0.495 e. The molecule has 0 spiro atoms. The molecule has 2 aromatic rings. The number of hydrogen-bond donors (Lipinski definition) is 1. The van der Waals surface area contributed by atoms with Crippen LogP contribution in [0.1, 0.15) is 5.56 Å². The number of carbonyl (C=O) groups is 2. The number of carbonyl (C=O) groups excluding carboxylic acids is 2. The zero-order valence-electron chi connectivity index (χ0n) is 14.2. The summed E-state index contributed by atoms with van der Waals surface area (Å²) in [5, 5.41) is 3.08. The molecule has 138 valence electrons. The first kappa shape index (κ1) is 19.5. The van der Waals surface area contributed by atoms with E-state index in [1.165, 1.54) is 25.3 Å². The molecule has 6 nitrogen and oxygen atoms in total. The lowest BCUT2D eigenvalue weighted by molar-refractivity contribution is -0.149. The minimum absolute atomic E-state index is 0.188. The van der Waals surface area contributed by atoms with E-state index in [0.29, 0.717) is 16.5 Å². The molecule has 0 unspecified atom stereocenters. The van der Waals surface area contributed by atoms with Crippen LogP contribution < -0.4 is 14.8 Å². The van der Waals surface area contributed by atoms with Crippen molar-refractivity contribution in [2.75, 3.05) is 25.6 Å². The van der Waals surface area contributed by atoms with Crippen molar-refractivity contribution in [3.8, 4) is 11.5 Å². The molecule has 26 heavy (non-hydrogen) atoms. The van der Waals surface area contributed by atoms with Crippen molar-refractivity contribution in [2.24, 2.45) is 0 Å². The summed E-state index contributed by atoms with van der Waals surface area (Å²) in [7, 11) is 1.44. The quantitative estimate of drug-likeness (QED) is 0.744. The van der Waals surface area contributed by atoms with Gasteiger partial charge in [-0.2, -0.15) is 0 Å². The van der Waals surface area contributed by atoms with E-state index in [9.17, 15) is 14.0 Å². The third kappa shape index (κ3) is 5.63. The molecule has 0 saturated heterocycles. The number of anilines is 1. The van der Waals surface area contributed by atoms with Crippen LogP contribution in [0.25, 0.3) is 0 Å². The van der Waals surface area contributed by atoms with E-state index < -0.39 is 30.9 Å². The average molecular weight is 382 g/mol. The van der Waals surface area contributed by atoms with Crippen molar-refractivity contribution < 1.29 is 28.2 Å². The van der Waals surface area contributed by atoms with Crippen LogP contribution in [0.5, 0.6) is 11.5 Å². The highest BCUT2D eigenvalue weighted by Gasteiger charge is 2.13. The second kappa shape index (κ2) is 9.05. The summed E-state index contributed by atoms with van der Waals surface area (Å²) in [5.74, 6) is -1.22. The molecule has 8 heteroatoms. The lowest BCUT2D eigenvalue weighted by Crippen LogP contribution is -2.24. The maximum absolute atomic E-state index is 13.0. The number of nitrogens with one attached hydrogen (secondary N) is 1. The van der Waals surface area contributed by atoms with E-state index >= 15 is 0 Å². The van der Waals surface area contributed by atoms with Gasteiger partial charge in [-0.1, -0.05) is 17.7 Å². The Morgan fingerprint density at radius 3 is 2.65 bits per heavy atom. The number of aryl methyl sites for hydroxylation is 1. The maximum Gasteiger partial charge on any atom is 0.344 e. The van der Waals surface area contributed by atoms with Gasteiger partial charge in [-0.15, -0.1) is 0 Å². The third-order valence-electron chi connectivity index (χ3n) is 3.27. The molecule has 0 atom stereocenters. The molecular weight excluding hydrogens is 365 g/mol. The topological polar surface area (TPSA) is 73.9 Å². The molecule has 0 radical (unpaired) electrons. The van der Waals surface area contributed by atoms with Crippen LogP contribution in [0.3, 0.4) is 0 Å². The summed E-state index contributed by atoms with van der Waals surface area (Å²) < 4.78 is 28.0. The van der Waals surface area contributed by atoms with E-state index in [4.69, 9.17) is 25.8 Å². The summed E-state index contributed by atoms with van der Waals surface area (Å²) in [4.78, 5) is 23.5. The van der Waals surface area contributed by atoms with Crippen molar-refractivity contribution in [1.82, 2.24) is 0 Å². The molecule has 1 amide bonds. The summed E-state index contributed by atoms with van der Waals surface area (Å²) in [6, 6.07) is 8.56. The van der Waals surface area contributed by atoms with Crippen molar-refractivity contribution in [2.45, 2.75) is 6.92 Å². The Balaban J connectivity index is 1.83. The zero-order valence-corrected chi connectivity index (χ0v) is 14.9. The normalized spacial score (nSPS) is 10.2. The second-order valence-corrected chi connectivity index (χ2v) is 5.66. The van der Waals surface area contributed by atoms with Gasteiger partial charge in [-0.05, 0) is 30.7 Å². The van der Waals surface area contributed by atoms with E-state index in [-0.39, 0.29) is 5.75 Å². The molecule has 0 bridgehead atoms. The fraction of sp³-hybridized carbons (Fsp3) is 0.222. The molecule has 2 rings (SSSR count). The van der Waals surface area contributed by atoms with Crippen LogP contribution in [0, 0.1) is 12.7 Å². The molecule has 2 aromatic carbocycles. The molecule has 0 aliphatic heterocycles. The van der Waals surface area contributed by atoms with Crippen molar-refractivity contribution in [1.29, 1.82) is 0 Å². The first-order valence-electron chi connectivity index (χ1n) is 7.57. The number of ether oxygens (including phenoxy) is 3. The molecular formula is C18H17ClFNO5. The maximum atomic E-state index is 13.0. The highest BCUT2D eigenvalue weighted by molar-refractivity contribution is 6.31.